The molecule has 3 heteroatoms. The molecule has 1 nitrogen and oxygen atoms in total. The van der Waals surface area contributed by atoms with E-state index in [9.17, 15) is 0 Å². The molecule has 0 aliphatic carbocycles. The highest BCUT2D eigenvalue weighted by Gasteiger charge is 2.20. The van der Waals surface area contributed by atoms with Gasteiger partial charge in [0.25, 0.3) is 0 Å². The van der Waals surface area contributed by atoms with Crippen LogP contribution in [0, 0.1) is 5.41 Å². The Labute approximate surface area is 182 Å². The van der Waals surface area contributed by atoms with Gasteiger partial charge < -0.3 is 4.57 Å². The van der Waals surface area contributed by atoms with E-state index in [4.69, 9.17) is 0 Å². The predicted molar refractivity (Wildman–Crippen MR) is 128 cm³/mol. The molecule has 1 heterocycles. The van der Waals surface area contributed by atoms with E-state index in [1.54, 1.807) is 0 Å². The fraction of sp³-hybridized carbons (Fsp3) is 0.231. The molecule has 4 aromatic rings. The maximum Gasteiger partial charge on any atom is 0.0807 e. The van der Waals surface area contributed by atoms with Gasteiger partial charge >= 0.3 is 0 Å². The Balaban J connectivity index is 1.51. The molecule has 0 aliphatic rings. The molecular formula is C26H27NS2. The van der Waals surface area contributed by atoms with Crippen LogP contribution in [0.15, 0.2) is 106 Å². The van der Waals surface area contributed by atoms with Gasteiger partial charge in [-0.2, -0.15) is 0 Å². The summed E-state index contributed by atoms with van der Waals surface area (Å²) in [6.45, 7) is 5.81. The van der Waals surface area contributed by atoms with E-state index in [-0.39, 0.29) is 5.41 Å². The summed E-state index contributed by atoms with van der Waals surface area (Å²) in [5.41, 5.74) is 1.60. The molecule has 0 unspecified atom stereocenters. The molecule has 0 N–H and O–H groups in total. The quantitative estimate of drug-likeness (QED) is 0.268. The van der Waals surface area contributed by atoms with E-state index in [1.807, 2.05) is 23.5 Å². The van der Waals surface area contributed by atoms with E-state index >= 15 is 0 Å². The number of para-hydroxylation sites is 1. The van der Waals surface area contributed by atoms with Gasteiger partial charge in [0.2, 0.25) is 0 Å². The van der Waals surface area contributed by atoms with Gasteiger partial charge in [-0.05, 0) is 48.2 Å². The molecule has 0 bridgehead atoms. The third-order valence-corrected chi connectivity index (χ3v) is 7.71. The Morgan fingerprint density at radius 3 is 2.10 bits per heavy atom. The van der Waals surface area contributed by atoms with Crippen molar-refractivity contribution in [1.82, 2.24) is 4.57 Å². The van der Waals surface area contributed by atoms with E-state index in [0.29, 0.717) is 0 Å². The largest absolute Gasteiger partial charge is 0.335 e. The second kappa shape index (κ2) is 9.15. The van der Waals surface area contributed by atoms with Crippen LogP contribution in [-0.2, 0) is 6.54 Å². The summed E-state index contributed by atoms with van der Waals surface area (Å²) in [6.07, 6.45) is 1.15. The normalized spacial score (nSPS) is 11.8. The van der Waals surface area contributed by atoms with Crippen LogP contribution in [0.4, 0.5) is 0 Å². The molecule has 0 spiro atoms. The van der Waals surface area contributed by atoms with Crippen LogP contribution in [0.5, 0.6) is 0 Å². The monoisotopic (exact) mass is 417 g/mol. The van der Waals surface area contributed by atoms with E-state index in [0.717, 1.165) is 18.7 Å². The molecule has 148 valence electrons. The summed E-state index contributed by atoms with van der Waals surface area (Å²) >= 11 is 3.82. The van der Waals surface area contributed by atoms with Crippen LogP contribution in [0.1, 0.15) is 20.3 Å². The maximum atomic E-state index is 2.50. The second-order valence-corrected chi connectivity index (χ2v) is 10.3. The summed E-state index contributed by atoms with van der Waals surface area (Å²) in [5, 5.41) is 2.64. The Kier molecular flexibility index (Phi) is 6.37. The van der Waals surface area contributed by atoms with Crippen molar-refractivity contribution < 1.29 is 0 Å². The zero-order valence-electron chi connectivity index (χ0n) is 17.0. The van der Waals surface area contributed by atoms with Crippen molar-refractivity contribution in [3.8, 4) is 0 Å². The summed E-state index contributed by atoms with van der Waals surface area (Å²) in [7, 11) is 0. The van der Waals surface area contributed by atoms with Crippen LogP contribution in [0.3, 0.4) is 0 Å². The lowest BCUT2D eigenvalue weighted by Crippen LogP contribution is -2.18. The van der Waals surface area contributed by atoms with Gasteiger partial charge in [-0.3, -0.25) is 0 Å². The molecular weight excluding hydrogens is 390 g/mol. The number of benzene rings is 3. The lowest BCUT2D eigenvalue weighted by Gasteiger charge is -2.25. The predicted octanol–water partition coefficient (Wildman–Crippen LogP) is 8.00. The van der Waals surface area contributed by atoms with Gasteiger partial charge in [0.05, 0.1) is 5.03 Å². The van der Waals surface area contributed by atoms with Crippen LogP contribution < -0.4 is 0 Å². The molecule has 0 amide bonds. The van der Waals surface area contributed by atoms with Crippen molar-refractivity contribution in [1.29, 1.82) is 0 Å². The Morgan fingerprint density at radius 1 is 0.759 bits per heavy atom. The Hall–Kier alpha value is -2.10. The number of thioether (sulfide) groups is 1. The van der Waals surface area contributed by atoms with Crippen LogP contribution in [-0.4, -0.2) is 10.3 Å². The van der Waals surface area contributed by atoms with Crippen LogP contribution >= 0.6 is 23.5 Å². The van der Waals surface area contributed by atoms with Crippen molar-refractivity contribution in [3.05, 3.63) is 91.0 Å². The van der Waals surface area contributed by atoms with Gasteiger partial charge in [0.15, 0.2) is 0 Å². The van der Waals surface area contributed by atoms with E-state index in [2.05, 4.69) is 109 Å². The first-order valence-corrected chi connectivity index (χ1v) is 11.9. The molecule has 4 rings (SSSR count). The third kappa shape index (κ3) is 5.29. The average molecular weight is 418 g/mol. The third-order valence-electron chi connectivity index (χ3n) is 5.12. The molecule has 3 aromatic carbocycles. The number of aryl methyl sites for hydroxylation is 1. The van der Waals surface area contributed by atoms with Crippen molar-refractivity contribution in [2.24, 2.45) is 5.41 Å². The van der Waals surface area contributed by atoms with Gasteiger partial charge in [-0.25, -0.2) is 0 Å². The first-order valence-electron chi connectivity index (χ1n) is 10.1. The SMILES string of the molecule is CC(C)(CCn1c(Sc2ccccc2)cc2ccccc21)CSc1ccccc1. The lowest BCUT2D eigenvalue weighted by molar-refractivity contribution is 0.356. The Bertz CT molecular complexity index is 1050. The first-order chi connectivity index (χ1) is 14.1. The highest BCUT2D eigenvalue weighted by atomic mass is 32.2. The molecule has 1 aromatic heterocycles. The zero-order chi connectivity index (χ0) is 20.1. The number of fused-ring (bicyclic) bond motifs is 1. The number of aromatic nitrogens is 1. The fourth-order valence-corrected chi connectivity index (χ4v) is 5.46. The molecule has 0 saturated carbocycles. The first kappa shape index (κ1) is 20.2. The lowest BCUT2D eigenvalue weighted by atomic mass is 9.92. The van der Waals surface area contributed by atoms with Crippen molar-refractivity contribution >= 4 is 34.4 Å². The molecule has 0 atom stereocenters. The van der Waals surface area contributed by atoms with E-state index < -0.39 is 0 Å². The second-order valence-electron chi connectivity index (χ2n) is 8.12. The molecule has 0 saturated heterocycles. The van der Waals surface area contributed by atoms with Crippen LogP contribution in [0.25, 0.3) is 10.9 Å². The van der Waals surface area contributed by atoms with Crippen molar-refractivity contribution in [2.75, 3.05) is 5.75 Å². The van der Waals surface area contributed by atoms with E-state index in [1.165, 1.54) is 25.7 Å². The minimum atomic E-state index is 0.264. The van der Waals surface area contributed by atoms with Crippen LogP contribution in [0.2, 0.25) is 0 Å². The highest BCUT2D eigenvalue weighted by Crippen LogP contribution is 2.35. The van der Waals surface area contributed by atoms with Gasteiger partial charge in [-0.1, -0.05) is 80.2 Å². The smallest absolute Gasteiger partial charge is 0.0807 e. The fourth-order valence-electron chi connectivity index (χ4n) is 3.39. The number of hydrogen-bond donors (Lipinski definition) is 0. The summed E-state index contributed by atoms with van der Waals surface area (Å²) < 4.78 is 2.50. The summed E-state index contributed by atoms with van der Waals surface area (Å²) in [4.78, 5) is 2.64. The molecule has 0 aliphatic heterocycles. The topological polar surface area (TPSA) is 4.93 Å². The minimum absolute atomic E-state index is 0.264. The van der Waals surface area contributed by atoms with Gasteiger partial charge in [0, 0.05) is 33.0 Å². The van der Waals surface area contributed by atoms with Crippen molar-refractivity contribution in [3.63, 3.8) is 0 Å². The van der Waals surface area contributed by atoms with Gasteiger partial charge in [0.1, 0.15) is 0 Å². The van der Waals surface area contributed by atoms with Crippen molar-refractivity contribution in [2.45, 2.75) is 41.6 Å². The maximum absolute atomic E-state index is 2.50. The number of hydrogen-bond acceptors (Lipinski definition) is 2. The highest BCUT2D eigenvalue weighted by molar-refractivity contribution is 7.99. The average Bonchev–Trinajstić information content (AvgIpc) is 3.09. The molecule has 0 fully saturated rings. The number of nitrogens with zero attached hydrogens (tertiary/aromatic N) is 1. The Morgan fingerprint density at radius 2 is 1.38 bits per heavy atom. The molecule has 0 radical (unpaired) electrons. The minimum Gasteiger partial charge on any atom is -0.335 e. The number of rotatable bonds is 8. The standard InChI is InChI=1S/C26H27NS2/c1-26(2,20-28-22-12-5-3-6-13-22)17-18-27-24-16-10-9-11-21(24)19-25(27)29-23-14-7-4-8-15-23/h3-16,19H,17-18,20H2,1-2H3. The summed E-state index contributed by atoms with van der Waals surface area (Å²) in [6, 6.07) is 32.5. The summed E-state index contributed by atoms with van der Waals surface area (Å²) in [5.74, 6) is 1.12. The van der Waals surface area contributed by atoms with Gasteiger partial charge in [-0.15, -0.1) is 11.8 Å². The zero-order valence-corrected chi connectivity index (χ0v) is 18.7. The molecule has 29 heavy (non-hydrogen) atoms.